The largest absolute Gasteiger partial charge is 0.357 e. The Hall–Kier alpha value is -2.34. The van der Waals surface area contributed by atoms with Crippen LogP contribution in [0, 0.1) is 0 Å². The second kappa shape index (κ2) is 9.72. The van der Waals surface area contributed by atoms with Gasteiger partial charge in [-0.1, -0.05) is 18.2 Å². The Kier molecular flexibility index (Phi) is 7.29. The van der Waals surface area contributed by atoms with Crippen LogP contribution < -0.4 is 16.0 Å². The Morgan fingerprint density at radius 2 is 1.79 bits per heavy atom. The van der Waals surface area contributed by atoms with Crippen LogP contribution in [0.5, 0.6) is 0 Å². The molecule has 6 heteroatoms. The number of benzene rings is 1. The molecule has 0 bridgehead atoms. The van der Waals surface area contributed by atoms with Crippen molar-refractivity contribution in [3.05, 3.63) is 57.8 Å². The molecule has 0 saturated heterocycles. The summed E-state index contributed by atoms with van der Waals surface area (Å²) in [6.45, 7) is 6.73. The molecule has 0 fully saturated rings. The van der Waals surface area contributed by atoms with Gasteiger partial charge < -0.3 is 16.0 Å². The standard InChI is InChI=1S/C18H24N4OS/c1-3-19-17(23)15-9-7-14(8-10-15)12-21-18(20-4-2)22-13-16-6-5-11-24-16/h5-11H,3-4,12-13H2,1-2H3,(H,19,23)(H2,20,21,22). The van der Waals surface area contributed by atoms with Gasteiger partial charge in [-0.2, -0.15) is 0 Å². The molecule has 128 valence electrons. The van der Waals surface area contributed by atoms with Crippen molar-refractivity contribution in [2.45, 2.75) is 26.9 Å². The zero-order valence-corrected chi connectivity index (χ0v) is 15.0. The topological polar surface area (TPSA) is 65.5 Å². The number of nitrogens with zero attached hydrogens (tertiary/aromatic N) is 1. The van der Waals surface area contributed by atoms with Crippen LogP contribution >= 0.6 is 11.3 Å². The summed E-state index contributed by atoms with van der Waals surface area (Å²) in [5.74, 6) is 0.747. The van der Waals surface area contributed by atoms with Crippen LogP contribution in [0.4, 0.5) is 0 Å². The van der Waals surface area contributed by atoms with E-state index in [2.05, 4.69) is 32.4 Å². The number of hydrogen-bond donors (Lipinski definition) is 3. The number of aliphatic imine (C=N–C) groups is 1. The van der Waals surface area contributed by atoms with Crippen LogP contribution in [0.3, 0.4) is 0 Å². The van der Waals surface area contributed by atoms with Crippen LogP contribution in [-0.4, -0.2) is 25.0 Å². The Labute approximate surface area is 147 Å². The fourth-order valence-corrected chi connectivity index (χ4v) is 2.76. The number of hydrogen-bond acceptors (Lipinski definition) is 3. The Morgan fingerprint density at radius 3 is 2.42 bits per heavy atom. The van der Waals surface area contributed by atoms with Gasteiger partial charge in [0.25, 0.3) is 5.91 Å². The van der Waals surface area contributed by atoms with Gasteiger partial charge in [-0.3, -0.25) is 4.79 Å². The van der Waals surface area contributed by atoms with Gasteiger partial charge in [0, 0.05) is 23.5 Å². The summed E-state index contributed by atoms with van der Waals surface area (Å²) in [5.41, 5.74) is 1.74. The number of nitrogens with one attached hydrogen (secondary N) is 3. The van der Waals surface area contributed by atoms with E-state index in [-0.39, 0.29) is 5.91 Å². The van der Waals surface area contributed by atoms with Crippen LogP contribution in [0.2, 0.25) is 0 Å². The third-order valence-corrected chi connectivity index (χ3v) is 4.20. The van der Waals surface area contributed by atoms with E-state index in [4.69, 9.17) is 0 Å². The normalized spacial score (nSPS) is 11.2. The minimum absolute atomic E-state index is 0.0431. The van der Waals surface area contributed by atoms with Crippen molar-refractivity contribution >= 4 is 23.2 Å². The first-order valence-electron chi connectivity index (χ1n) is 8.14. The van der Waals surface area contributed by atoms with Gasteiger partial charge in [-0.05, 0) is 43.0 Å². The molecule has 0 aliphatic heterocycles. The SMILES string of the molecule is CCNC(=O)c1ccc(CN=C(NCC)NCc2cccs2)cc1. The van der Waals surface area contributed by atoms with Gasteiger partial charge in [0.05, 0.1) is 13.1 Å². The highest BCUT2D eigenvalue weighted by Crippen LogP contribution is 2.08. The molecule has 2 aromatic rings. The van der Waals surface area contributed by atoms with Crippen molar-refractivity contribution in [1.29, 1.82) is 0 Å². The van der Waals surface area contributed by atoms with Crippen molar-refractivity contribution in [1.82, 2.24) is 16.0 Å². The van der Waals surface area contributed by atoms with E-state index in [0.29, 0.717) is 18.7 Å². The Balaban J connectivity index is 1.93. The molecule has 1 heterocycles. The molecular weight excluding hydrogens is 320 g/mol. The maximum atomic E-state index is 11.7. The average molecular weight is 344 g/mol. The molecule has 24 heavy (non-hydrogen) atoms. The maximum Gasteiger partial charge on any atom is 0.251 e. The highest BCUT2D eigenvalue weighted by molar-refractivity contribution is 7.09. The number of thiophene rings is 1. The highest BCUT2D eigenvalue weighted by atomic mass is 32.1. The predicted octanol–water partition coefficient (Wildman–Crippen LogP) is 2.75. The molecule has 1 amide bonds. The molecule has 0 saturated carbocycles. The fraction of sp³-hybridized carbons (Fsp3) is 0.333. The molecule has 2 rings (SSSR count). The van der Waals surface area contributed by atoms with Crippen LogP contribution in [-0.2, 0) is 13.1 Å². The van der Waals surface area contributed by atoms with E-state index in [1.807, 2.05) is 44.2 Å². The summed E-state index contributed by atoms with van der Waals surface area (Å²) in [7, 11) is 0. The Bertz CT molecular complexity index is 650. The first-order valence-corrected chi connectivity index (χ1v) is 9.02. The molecule has 0 unspecified atom stereocenters. The van der Waals surface area contributed by atoms with E-state index in [1.165, 1.54) is 4.88 Å². The minimum atomic E-state index is -0.0431. The quantitative estimate of drug-likeness (QED) is 0.534. The molecule has 3 N–H and O–H groups in total. The predicted molar refractivity (Wildman–Crippen MR) is 100 cm³/mol. The van der Waals surface area contributed by atoms with Gasteiger partial charge in [0.15, 0.2) is 5.96 Å². The molecular formula is C18H24N4OS. The summed E-state index contributed by atoms with van der Waals surface area (Å²) in [6, 6.07) is 11.7. The summed E-state index contributed by atoms with van der Waals surface area (Å²) in [6.07, 6.45) is 0. The van der Waals surface area contributed by atoms with E-state index >= 15 is 0 Å². The van der Waals surface area contributed by atoms with E-state index in [1.54, 1.807) is 11.3 Å². The first-order chi connectivity index (χ1) is 11.7. The average Bonchev–Trinajstić information content (AvgIpc) is 3.11. The summed E-state index contributed by atoms with van der Waals surface area (Å²) < 4.78 is 0. The molecule has 1 aromatic heterocycles. The van der Waals surface area contributed by atoms with E-state index in [9.17, 15) is 4.79 Å². The molecule has 0 aliphatic rings. The van der Waals surface area contributed by atoms with Crippen molar-refractivity contribution in [3.63, 3.8) is 0 Å². The second-order valence-electron chi connectivity index (χ2n) is 5.18. The fourth-order valence-electron chi connectivity index (χ4n) is 2.12. The molecule has 0 aliphatic carbocycles. The summed E-state index contributed by atoms with van der Waals surface area (Å²) in [4.78, 5) is 17.6. The van der Waals surface area contributed by atoms with Gasteiger partial charge in [0.1, 0.15) is 0 Å². The molecule has 1 aromatic carbocycles. The van der Waals surface area contributed by atoms with Crippen LogP contribution in [0.25, 0.3) is 0 Å². The Morgan fingerprint density at radius 1 is 1.04 bits per heavy atom. The highest BCUT2D eigenvalue weighted by Gasteiger charge is 2.04. The lowest BCUT2D eigenvalue weighted by molar-refractivity contribution is 0.0956. The number of carbonyl (C=O) groups excluding carboxylic acids is 1. The third kappa shape index (κ3) is 5.70. The van der Waals surface area contributed by atoms with Crippen LogP contribution in [0.15, 0.2) is 46.8 Å². The zero-order chi connectivity index (χ0) is 17.2. The van der Waals surface area contributed by atoms with Crippen molar-refractivity contribution in [3.8, 4) is 0 Å². The first kappa shape index (κ1) is 18.0. The van der Waals surface area contributed by atoms with Gasteiger partial charge in [0.2, 0.25) is 0 Å². The van der Waals surface area contributed by atoms with Crippen molar-refractivity contribution < 1.29 is 4.79 Å². The molecule has 0 radical (unpaired) electrons. The van der Waals surface area contributed by atoms with Gasteiger partial charge in [-0.25, -0.2) is 4.99 Å². The lowest BCUT2D eigenvalue weighted by atomic mass is 10.1. The van der Waals surface area contributed by atoms with E-state index in [0.717, 1.165) is 24.6 Å². The third-order valence-electron chi connectivity index (χ3n) is 3.33. The monoisotopic (exact) mass is 344 g/mol. The summed E-state index contributed by atoms with van der Waals surface area (Å²) >= 11 is 1.72. The van der Waals surface area contributed by atoms with Gasteiger partial charge >= 0.3 is 0 Å². The van der Waals surface area contributed by atoms with Crippen molar-refractivity contribution in [2.24, 2.45) is 4.99 Å². The second-order valence-corrected chi connectivity index (χ2v) is 6.22. The molecule has 5 nitrogen and oxygen atoms in total. The number of amides is 1. The number of rotatable bonds is 7. The lowest BCUT2D eigenvalue weighted by Crippen LogP contribution is -2.36. The molecule has 0 spiro atoms. The lowest BCUT2D eigenvalue weighted by Gasteiger charge is -2.10. The van der Waals surface area contributed by atoms with Crippen molar-refractivity contribution in [2.75, 3.05) is 13.1 Å². The number of guanidine groups is 1. The smallest absolute Gasteiger partial charge is 0.251 e. The van der Waals surface area contributed by atoms with Crippen LogP contribution in [0.1, 0.15) is 34.6 Å². The van der Waals surface area contributed by atoms with Gasteiger partial charge in [-0.15, -0.1) is 11.3 Å². The zero-order valence-electron chi connectivity index (χ0n) is 14.1. The number of carbonyl (C=O) groups is 1. The maximum absolute atomic E-state index is 11.7. The minimum Gasteiger partial charge on any atom is -0.357 e. The summed E-state index contributed by atoms with van der Waals surface area (Å²) in [5, 5.41) is 11.4. The molecule has 0 atom stereocenters. The van der Waals surface area contributed by atoms with E-state index < -0.39 is 0 Å².